The van der Waals surface area contributed by atoms with E-state index in [9.17, 15) is 0 Å². The first-order chi connectivity index (χ1) is 9.20. The molecule has 0 radical (unpaired) electrons. The van der Waals surface area contributed by atoms with Gasteiger partial charge in [-0.2, -0.15) is 5.10 Å². The average Bonchev–Trinajstić information content (AvgIpc) is 2.86. The molecule has 102 valence electrons. The van der Waals surface area contributed by atoms with Crippen molar-refractivity contribution in [1.29, 1.82) is 0 Å². The van der Waals surface area contributed by atoms with E-state index in [1.165, 1.54) is 4.90 Å². The second-order valence-electron chi connectivity index (χ2n) is 4.35. The summed E-state index contributed by atoms with van der Waals surface area (Å²) in [5.41, 5.74) is 7.37. The van der Waals surface area contributed by atoms with Gasteiger partial charge in [0, 0.05) is 27.9 Å². The fourth-order valence-electron chi connectivity index (χ4n) is 1.86. The van der Waals surface area contributed by atoms with E-state index in [1.54, 1.807) is 11.8 Å². The average molecular weight is 340 g/mol. The molecule has 2 rings (SSSR count). The van der Waals surface area contributed by atoms with E-state index >= 15 is 0 Å². The molecule has 19 heavy (non-hydrogen) atoms. The van der Waals surface area contributed by atoms with Crippen LogP contribution in [0.5, 0.6) is 0 Å². The van der Waals surface area contributed by atoms with E-state index in [0.717, 1.165) is 28.9 Å². The monoisotopic (exact) mass is 339 g/mol. The SMILES string of the molecule is CCCn1nccc1C(N)CSc1ccc(Br)cc1. The highest BCUT2D eigenvalue weighted by Crippen LogP contribution is 2.24. The van der Waals surface area contributed by atoms with E-state index in [4.69, 9.17) is 5.73 Å². The smallest absolute Gasteiger partial charge is 0.0562 e. The predicted molar refractivity (Wildman–Crippen MR) is 84.3 cm³/mol. The molecular formula is C14H18BrN3S. The van der Waals surface area contributed by atoms with Gasteiger partial charge in [-0.1, -0.05) is 22.9 Å². The highest BCUT2D eigenvalue weighted by atomic mass is 79.9. The lowest BCUT2D eigenvalue weighted by Crippen LogP contribution is -2.18. The quantitative estimate of drug-likeness (QED) is 0.813. The Bertz CT molecular complexity index is 510. The fourth-order valence-corrected chi connectivity index (χ4v) is 2.99. The number of nitrogens with two attached hydrogens (primary N) is 1. The number of hydrogen-bond donors (Lipinski definition) is 1. The molecule has 0 saturated heterocycles. The van der Waals surface area contributed by atoms with Crippen molar-refractivity contribution >= 4 is 27.7 Å². The van der Waals surface area contributed by atoms with Crippen molar-refractivity contribution in [1.82, 2.24) is 9.78 Å². The molecule has 3 nitrogen and oxygen atoms in total. The van der Waals surface area contributed by atoms with Crippen LogP contribution < -0.4 is 5.73 Å². The van der Waals surface area contributed by atoms with Crippen LogP contribution in [-0.4, -0.2) is 15.5 Å². The highest BCUT2D eigenvalue weighted by molar-refractivity contribution is 9.10. The first kappa shape index (κ1) is 14.6. The van der Waals surface area contributed by atoms with Gasteiger partial charge in [0.25, 0.3) is 0 Å². The summed E-state index contributed by atoms with van der Waals surface area (Å²) in [6, 6.07) is 10.3. The Hall–Kier alpha value is -0.780. The maximum absolute atomic E-state index is 6.26. The molecular weight excluding hydrogens is 322 g/mol. The summed E-state index contributed by atoms with van der Waals surface area (Å²) in [6.45, 7) is 3.08. The molecule has 2 aromatic rings. The van der Waals surface area contributed by atoms with Gasteiger partial charge in [-0.3, -0.25) is 4.68 Å². The van der Waals surface area contributed by atoms with Crippen LogP contribution in [0.1, 0.15) is 25.1 Å². The van der Waals surface area contributed by atoms with Gasteiger partial charge in [-0.05, 0) is 36.8 Å². The number of aryl methyl sites for hydroxylation is 1. The third-order valence-electron chi connectivity index (χ3n) is 2.81. The zero-order valence-electron chi connectivity index (χ0n) is 10.9. The molecule has 5 heteroatoms. The van der Waals surface area contributed by atoms with Gasteiger partial charge >= 0.3 is 0 Å². The van der Waals surface area contributed by atoms with Crippen LogP contribution in [0.4, 0.5) is 0 Å². The van der Waals surface area contributed by atoms with Crippen LogP contribution in [0.2, 0.25) is 0 Å². The topological polar surface area (TPSA) is 43.8 Å². The first-order valence-corrected chi connectivity index (χ1v) is 8.14. The summed E-state index contributed by atoms with van der Waals surface area (Å²) >= 11 is 5.21. The van der Waals surface area contributed by atoms with Crippen LogP contribution in [0.25, 0.3) is 0 Å². The summed E-state index contributed by atoms with van der Waals surface area (Å²) in [4.78, 5) is 1.24. The van der Waals surface area contributed by atoms with Crippen molar-refractivity contribution < 1.29 is 0 Å². The van der Waals surface area contributed by atoms with Crippen molar-refractivity contribution in [3.63, 3.8) is 0 Å². The second-order valence-corrected chi connectivity index (χ2v) is 6.36. The fraction of sp³-hybridized carbons (Fsp3) is 0.357. The zero-order valence-corrected chi connectivity index (χ0v) is 13.3. The summed E-state index contributed by atoms with van der Waals surface area (Å²) in [5.74, 6) is 0.858. The Morgan fingerprint density at radius 2 is 2.05 bits per heavy atom. The van der Waals surface area contributed by atoms with Gasteiger partial charge in [0.1, 0.15) is 0 Å². The molecule has 1 atom stereocenters. The summed E-state index contributed by atoms with van der Waals surface area (Å²) in [5, 5.41) is 4.31. The molecule has 0 spiro atoms. The zero-order chi connectivity index (χ0) is 13.7. The van der Waals surface area contributed by atoms with E-state index in [0.29, 0.717) is 0 Å². The maximum atomic E-state index is 6.26. The standard InChI is InChI=1S/C14H18BrN3S/c1-2-9-18-14(7-8-17-18)13(16)10-19-12-5-3-11(15)4-6-12/h3-8,13H,2,9-10,16H2,1H3. The molecule has 0 bridgehead atoms. The van der Waals surface area contributed by atoms with Gasteiger partial charge < -0.3 is 5.73 Å². The van der Waals surface area contributed by atoms with Crippen molar-refractivity contribution in [2.45, 2.75) is 30.8 Å². The second kappa shape index (κ2) is 7.12. The number of benzene rings is 1. The third kappa shape index (κ3) is 4.09. The molecule has 1 aromatic heterocycles. The Morgan fingerprint density at radius 3 is 2.74 bits per heavy atom. The first-order valence-electron chi connectivity index (χ1n) is 6.36. The van der Waals surface area contributed by atoms with Gasteiger partial charge in [-0.25, -0.2) is 0 Å². The molecule has 0 aliphatic carbocycles. The van der Waals surface area contributed by atoms with Gasteiger partial charge in [0.15, 0.2) is 0 Å². The molecule has 0 aliphatic rings. The lowest BCUT2D eigenvalue weighted by molar-refractivity contribution is 0.554. The summed E-state index contributed by atoms with van der Waals surface area (Å²) in [6.07, 6.45) is 2.90. The van der Waals surface area contributed by atoms with Crippen LogP contribution in [-0.2, 0) is 6.54 Å². The van der Waals surface area contributed by atoms with E-state index in [2.05, 4.69) is 52.2 Å². The Kier molecular flexibility index (Phi) is 5.48. The highest BCUT2D eigenvalue weighted by Gasteiger charge is 2.11. The minimum atomic E-state index is 0.0164. The molecule has 0 fully saturated rings. The van der Waals surface area contributed by atoms with E-state index in [1.807, 2.05) is 16.9 Å². The number of thioether (sulfide) groups is 1. The van der Waals surface area contributed by atoms with Crippen LogP contribution in [0.3, 0.4) is 0 Å². The third-order valence-corrected chi connectivity index (χ3v) is 4.47. The molecule has 0 amide bonds. The minimum absolute atomic E-state index is 0.0164. The summed E-state index contributed by atoms with van der Waals surface area (Å²) < 4.78 is 3.11. The number of rotatable bonds is 6. The summed E-state index contributed by atoms with van der Waals surface area (Å²) in [7, 11) is 0. The molecule has 0 saturated carbocycles. The van der Waals surface area contributed by atoms with Crippen LogP contribution in [0, 0.1) is 0 Å². The van der Waals surface area contributed by atoms with Crippen LogP contribution >= 0.6 is 27.7 Å². The van der Waals surface area contributed by atoms with Crippen molar-refractivity contribution in [2.24, 2.45) is 5.73 Å². The Balaban J connectivity index is 1.95. The molecule has 2 N–H and O–H groups in total. The van der Waals surface area contributed by atoms with E-state index in [-0.39, 0.29) is 6.04 Å². The van der Waals surface area contributed by atoms with Gasteiger partial charge in [-0.15, -0.1) is 11.8 Å². The van der Waals surface area contributed by atoms with Gasteiger partial charge in [0.05, 0.1) is 11.7 Å². The number of halogens is 1. The lowest BCUT2D eigenvalue weighted by Gasteiger charge is -2.13. The molecule has 1 aromatic carbocycles. The Morgan fingerprint density at radius 1 is 1.32 bits per heavy atom. The Labute approximate surface area is 126 Å². The molecule has 1 heterocycles. The number of aromatic nitrogens is 2. The molecule has 0 aliphatic heterocycles. The van der Waals surface area contributed by atoms with Crippen molar-refractivity contribution in [2.75, 3.05) is 5.75 Å². The minimum Gasteiger partial charge on any atom is -0.322 e. The normalized spacial score (nSPS) is 12.6. The largest absolute Gasteiger partial charge is 0.322 e. The molecule has 1 unspecified atom stereocenters. The lowest BCUT2D eigenvalue weighted by atomic mass is 10.2. The van der Waals surface area contributed by atoms with E-state index < -0.39 is 0 Å². The maximum Gasteiger partial charge on any atom is 0.0562 e. The van der Waals surface area contributed by atoms with Crippen molar-refractivity contribution in [3.8, 4) is 0 Å². The number of nitrogens with zero attached hydrogens (tertiary/aromatic N) is 2. The van der Waals surface area contributed by atoms with Crippen molar-refractivity contribution in [3.05, 3.63) is 46.7 Å². The predicted octanol–water partition coefficient (Wildman–Crippen LogP) is 3.85. The van der Waals surface area contributed by atoms with Gasteiger partial charge in [0.2, 0.25) is 0 Å². The number of hydrogen-bond acceptors (Lipinski definition) is 3. The van der Waals surface area contributed by atoms with Crippen LogP contribution in [0.15, 0.2) is 45.9 Å².